The summed E-state index contributed by atoms with van der Waals surface area (Å²) >= 11 is 0. The number of benzene rings is 1. The Morgan fingerprint density at radius 3 is 2.55 bits per heavy atom. The van der Waals surface area contributed by atoms with Gasteiger partial charge in [-0.25, -0.2) is 0 Å². The summed E-state index contributed by atoms with van der Waals surface area (Å²) in [7, 11) is 0. The largest absolute Gasteiger partial charge is 0.493 e. The molecule has 1 aromatic rings. The quantitative estimate of drug-likeness (QED) is 0.872. The molecule has 0 saturated carbocycles. The second kappa shape index (κ2) is 7.14. The van der Waals surface area contributed by atoms with E-state index in [-0.39, 0.29) is 24.4 Å². The fourth-order valence-corrected chi connectivity index (χ4v) is 1.72. The van der Waals surface area contributed by atoms with Crippen LogP contribution in [0.1, 0.15) is 17.3 Å². The third kappa shape index (κ3) is 4.73. The van der Waals surface area contributed by atoms with Crippen LogP contribution in [0.5, 0.6) is 5.75 Å². The van der Waals surface area contributed by atoms with Crippen molar-refractivity contribution >= 4 is 5.91 Å². The number of carbonyl (C=O) groups excluding carboxylic acids is 1. The minimum absolute atomic E-state index is 0.0430. The van der Waals surface area contributed by atoms with Gasteiger partial charge in [-0.15, -0.1) is 0 Å². The molecule has 112 valence electrons. The lowest BCUT2D eigenvalue weighted by Crippen LogP contribution is -2.41. The van der Waals surface area contributed by atoms with Crippen molar-refractivity contribution in [3.63, 3.8) is 0 Å². The minimum atomic E-state index is -4.47. The van der Waals surface area contributed by atoms with Gasteiger partial charge in [0, 0.05) is 13.1 Å². The summed E-state index contributed by atoms with van der Waals surface area (Å²) in [4.78, 5) is 12.9. The molecule has 0 spiro atoms. The highest BCUT2D eigenvalue weighted by atomic mass is 19.4. The number of ether oxygens (including phenoxy) is 1. The third-order valence-corrected chi connectivity index (χ3v) is 2.47. The first-order valence-corrected chi connectivity index (χ1v) is 6.17. The minimum Gasteiger partial charge on any atom is -0.493 e. The first-order valence-electron chi connectivity index (χ1n) is 6.17. The number of hydrogen-bond donors (Lipinski definition) is 1. The molecular weight excluding hydrogens is 273 g/mol. The zero-order chi connectivity index (χ0) is 15.2. The topological polar surface area (TPSA) is 55.6 Å². The maximum absolute atomic E-state index is 12.5. The average molecular weight is 290 g/mol. The van der Waals surface area contributed by atoms with Gasteiger partial charge in [-0.3, -0.25) is 4.79 Å². The van der Waals surface area contributed by atoms with E-state index in [1.165, 1.54) is 6.07 Å². The van der Waals surface area contributed by atoms with Gasteiger partial charge in [-0.2, -0.15) is 13.2 Å². The molecule has 4 nitrogen and oxygen atoms in total. The molecule has 0 saturated heterocycles. The Morgan fingerprint density at radius 2 is 2.00 bits per heavy atom. The number of hydrogen-bond acceptors (Lipinski definition) is 3. The Bertz CT molecular complexity index is 449. The van der Waals surface area contributed by atoms with Crippen molar-refractivity contribution in [2.45, 2.75) is 13.1 Å². The summed E-state index contributed by atoms with van der Waals surface area (Å²) in [5, 5.41) is 0. The van der Waals surface area contributed by atoms with Crippen molar-refractivity contribution in [3.05, 3.63) is 29.8 Å². The summed E-state index contributed by atoms with van der Waals surface area (Å²) < 4.78 is 42.7. The number of para-hydroxylation sites is 1. The SMILES string of the molecule is CCOc1ccccc1C(=O)N(CCN)CC(F)(F)F. The van der Waals surface area contributed by atoms with Crippen LogP contribution in [0.4, 0.5) is 13.2 Å². The Hall–Kier alpha value is -1.76. The number of carbonyl (C=O) groups is 1. The summed E-state index contributed by atoms with van der Waals surface area (Å²) in [5.41, 5.74) is 5.37. The Morgan fingerprint density at radius 1 is 1.35 bits per heavy atom. The molecule has 2 N–H and O–H groups in total. The van der Waals surface area contributed by atoms with E-state index in [2.05, 4.69) is 0 Å². The Kier molecular flexibility index (Phi) is 5.82. The average Bonchev–Trinajstić information content (AvgIpc) is 2.37. The van der Waals surface area contributed by atoms with Crippen molar-refractivity contribution in [1.82, 2.24) is 4.90 Å². The van der Waals surface area contributed by atoms with Gasteiger partial charge in [-0.1, -0.05) is 12.1 Å². The van der Waals surface area contributed by atoms with E-state index in [4.69, 9.17) is 10.5 Å². The predicted octanol–water partition coefficient (Wildman–Crippen LogP) is 2.05. The van der Waals surface area contributed by atoms with Crippen LogP contribution in [-0.2, 0) is 0 Å². The second-order valence-corrected chi connectivity index (χ2v) is 4.06. The van der Waals surface area contributed by atoms with Crippen LogP contribution in [0.15, 0.2) is 24.3 Å². The molecular formula is C13H17F3N2O2. The predicted molar refractivity (Wildman–Crippen MR) is 68.6 cm³/mol. The number of halogens is 3. The van der Waals surface area contributed by atoms with Crippen LogP contribution in [-0.4, -0.2) is 43.2 Å². The molecule has 0 aromatic heterocycles. The van der Waals surface area contributed by atoms with Gasteiger partial charge in [0.2, 0.25) is 0 Å². The highest BCUT2D eigenvalue weighted by molar-refractivity contribution is 5.97. The highest BCUT2D eigenvalue weighted by Crippen LogP contribution is 2.22. The molecule has 1 rings (SSSR count). The fourth-order valence-electron chi connectivity index (χ4n) is 1.72. The first kappa shape index (κ1) is 16.3. The lowest BCUT2D eigenvalue weighted by atomic mass is 10.1. The molecule has 20 heavy (non-hydrogen) atoms. The smallest absolute Gasteiger partial charge is 0.406 e. The number of rotatable bonds is 6. The Balaban J connectivity index is 3.00. The number of nitrogens with zero attached hydrogens (tertiary/aromatic N) is 1. The summed E-state index contributed by atoms with van der Waals surface area (Å²) in [6.07, 6.45) is -4.47. The number of nitrogens with two attached hydrogens (primary N) is 1. The van der Waals surface area contributed by atoms with Gasteiger partial charge in [-0.05, 0) is 19.1 Å². The monoisotopic (exact) mass is 290 g/mol. The summed E-state index contributed by atoms with van der Waals surface area (Å²) in [6, 6.07) is 6.21. The fraction of sp³-hybridized carbons (Fsp3) is 0.462. The van der Waals surface area contributed by atoms with Crippen LogP contribution in [0.25, 0.3) is 0 Å². The molecule has 0 radical (unpaired) electrons. The van der Waals surface area contributed by atoms with Gasteiger partial charge < -0.3 is 15.4 Å². The standard InChI is InChI=1S/C13H17F3N2O2/c1-2-20-11-6-4-3-5-10(11)12(19)18(8-7-17)9-13(14,15)16/h3-6H,2,7-9,17H2,1H3. The first-order chi connectivity index (χ1) is 9.39. The second-order valence-electron chi connectivity index (χ2n) is 4.06. The van der Waals surface area contributed by atoms with Gasteiger partial charge in [0.05, 0.1) is 12.2 Å². The molecule has 0 heterocycles. The van der Waals surface area contributed by atoms with Crippen molar-refractivity contribution in [2.24, 2.45) is 5.73 Å². The van der Waals surface area contributed by atoms with Crippen molar-refractivity contribution in [2.75, 3.05) is 26.2 Å². The molecule has 0 fully saturated rings. The van der Waals surface area contributed by atoms with Gasteiger partial charge in [0.1, 0.15) is 12.3 Å². The molecule has 0 atom stereocenters. The normalized spacial score (nSPS) is 11.2. The molecule has 0 bridgehead atoms. The van der Waals surface area contributed by atoms with Gasteiger partial charge in [0.25, 0.3) is 5.91 Å². The van der Waals surface area contributed by atoms with E-state index in [0.29, 0.717) is 11.5 Å². The van der Waals surface area contributed by atoms with Crippen LogP contribution in [0.2, 0.25) is 0 Å². The molecule has 0 aliphatic carbocycles. The van der Waals surface area contributed by atoms with E-state index >= 15 is 0 Å². The van der Waals surface area contributed by atoms with E-state index in [9.17, 15) is 18.0 Å². The zero-order valence-corrected chi connectivity index (χ0v) is 11.1. The van der Waals surface area contributed by atoms with Crippen LogP contribution >= 0.6 is 0 Å². The van der Waals surface area contributed by atoms with Gasteiger partial charge in [0.15, 0.2) is 0 Å². The molecule has 0 aliphatic heterocycles. The molecule has 7 heteroatoms. The van der Waals surface area contributed by atoms with Crippen molar-refractivity contribution in [1.29, 1.82) is 0 Å². The van der Waals surface area contributed by atoms with Crippen LogP contribution in [0.3, 0.4) is 0 Å². The van der Waals surface area contributed by atoms with E-state index < -0.39 is 18.6 Å². The summed E-state index contributed by atoms with van der Waals surface area (Å²) in [6.45, 7) is 0.510. The molecule has 1 amide bonds. The molecule has 1 aromatic carbocycles. The number of amides is 1. The highest BCUT2D eigenvalue weighted by Gasteiger charge is 2.33. The van der Waals surface area contributed by atoms with Crippen LogP contribution in [0, 0.1) is 0 Å². The van der Waals surface area contributed by atoms with E-state index in [1.54, 1.807) is 25.1 Å². The van der Waals surface area contributed by atoms with E-state index in [0.717, 1.165) is 0 Å². The third-order valence-electron chi connectivity index (χ3n) is 2.47. The van der Waals surface area contributed by atoms with Gasteiger partial charge >= 0.3 is 6.18 Å². The molecule has 0 aliphatic rings. The Labute approximate surface area is 115 Å². The van der Waals surface area contributed by atoms with Crippen LogP contribution < -0.4 is 10.5 Å². The lowest BCUT2D eigenvalue weighted by molar-refractivity contribution is -0.140. The maximum Gasteiger partial charge on any atom is 0.406 e. The van der Waals surface area contributed by atoms with Crippen molar-refractivity contribution in [3.8, 4) is 5.75 Å². The zero-order valence-electron chi connectivity index (χ0n) is 11.1. The lowest BCUT2D eigenvalue weighted by Gasteiger charge is -2.24. The number of alkyl halides is 3. The van der Waals surface area contributed by atoms with Crippen molar-refractivity contribution < 1.29 is 22.7 Å². The molecule has 0 unspecified atom stereocenters. The summed E-state index contributed by atoms with van der Waals surface area (Å²) in [5.74, 6) is -0.471. The maximum atomic E-state index is 12.5. The van der Waals surface area contributed by atoms with E-state index in [1.807, 2.05) is 0 Å².